The Morgan fingerprint density at radius 3 is 1.82 bits per heavy atom. The molecule has 118 valence electrons. The molecule has 1 aliphatic rings. The van der Waals surface area contributed by atoms with Crippen LogP contribution in [0.5, 0.6) is 0 Å². The van der Waals surface area contributed by atoms with Gasteiger partial charge in [0, 0.05) is 5.92 Å². The van der Waals surface area contributed by atoms with Gasteiger partial charge < -0.3 is 5.32 Å². The minimum atomic E-state index is 0. The van der Waals surface area contributed by atoms with Gasteiger partial charge in [-0.3, -0.25) is 0 Å². The Hall–Kier alpha value is -1.28. The average Bonchev–Trinajstić information content (AvgIpc) is 2.66. The Morgan fingerprint density at radius 1 is 0.818 bits per heavy atom. The molecule has 22 heavy (non-hydrogen) atoms. The third-order valence-electron chi connectivity index (χ3n) is 4.10. The zero-order chi connectivity index (χ0) is 13.8. The van der Waals surface area contributed by atoms with E-state index in [0.29, 0.717) is 5.92 Å². The van der Waals surface area contributed by atoms with Crippen LogP contribution in [0, 0.1) is 0 Å². The fraction of sp³-hybridized carbons (Fsp3) is 0.263. The Bertz CT molecular complexity index is 573. The molecule has 3 heteroatoms. The quantitative estimate of drug-likeness (QED) is 0.762. The Balaban J connectivity index is 0.00000121. The zero-order valence-corrected chi connectivity index (χ0v) is 14.4. The van der Waals surface area contributed by atoms with Crippen molar-refractivity contribution in [1.82, 2.24) is 5.32 Å². The topological polar surface area (TPSA) is 12.0 Å². The first-order chi connectivity index (χ1) is 9.90. The van der Waals surface area contributed by atoms with Crippen molar-refractivity contribution in [3.05, 3.63) is 70.8 Å². The van der Waals surface area contributed by atoms with Gasteiger partial charge in [-0.15, -0.1) is 24.8 Å². The van der Waals surface area contributed by atoms with Gasteiger partial charge in [0.1, 0.15) is 0 Å². The van der Waals surface area contributed by atoms with Gasteiger partial charge in [0.25, 0.3) is 0 Å². The van der Waals surface area contributed by atoms with Crippen LogP contribution in [-0.2, 0) is 0 Å². The van der Waals surface area contributed by atoms with Crippen LogP contribution >= 0.6 is 24.8 Å². The molecule has 1 N–H and O–H groups in total. The second-order valence-electron chi connectivity index (χ2n) is 5.39. The van der Waals surface area contributed by atoms with Gasteiger partial charge in [0.2, 0.25) is 0 Å². The van der Waals surface area contributed by atoms with Crippen LogP contribution in [0.25, 0.3) is 12.2 Å². The van der Waals surface area contributed by atoms with Gasteiger partial charge >= 0.3 is 0 Å². The molecule has 0 atom stereocenters. The summed E-state index contributed by atoms with van der Waals surface area (Å²) in [6, 6.07) is 17.6. The Kier molecular flexibility index (Phi) is 7.67. The monoisotopic (exact) mass is 335 g/mol. The van der Waals surface area contributed by atoms with Gasteiger partial charge in [-0.2, -0.15) is 0 Å². The zero-order valence-electron chi connectivity index (χ0n) is 12.8. The molecule has 2 aromatic carbocycles. The van der Waals surface area contributed by atoms with E-state index in [-0.39, 0.29) is 24.8 Å². The van der Waals surface area contributed by atoms with Crippen molar-refractivity contribution < 1.29 is 0 Å². The summed E-state index contributed by atoms with van der Waals surface area (Å²) in [5.74, 6) is 0.505. The maximum absolute atomic E-state index is 3.26. The third-order valence-corrected chi connectivity index (χ3v) is 4.10. The van der Waals surface area contributed by atoms with Crippen LogP contribution < -0.4 is 5.32 Å². The summed E-state index contributed by atoms with van der Waals surface area (Å²) >= 11 is 0. The summed E-state index contributed by atoms with van der Waals surface area (Å²) < 4.78 is 0. The first-order valence-electron chi connectivity index (χ1n) is 7.40. The molecule has 1 nitrogen and oxygen atoms in total. The van der Waals surface area contributed by atoms with Crippen molar-refractivity contribution in [3.8, 4) is 0 Å². The lowest BCUT2D eigenvalue weighted by Gasteiger charge is -2.20. The van der Waals surface area contributed by atoms with E-state index in [1.807, 2.05) is 7.05 Å². The van der Waals surface area contributed by atoms with Crippen LogP contribution in [0.3, 0.4) is 0 Å². The number of nitrogens with one attached hydrogen (secondary N) is 1. The lowest BCUT2D eigenvalue weighted by molar-refractivity contribution is 0.628. The van der Waals surface area contributed by atoms with Crippen molar-refractivity contribution in [2.24, 2.45) is 0 Å². The van der Waals surface area contributed by atoms with E-state index in [0.717, 1.165) is 6.54 Å². The molecule has 0 aromatic heterocycles. The number of benzene rings is 2. The molecule has 0 amide bonds. The van der Waals surface area contributed by atoms with E-state index in [2.05, 4.69) is 66.0 Å². The van der Waals surface area contributed by atoms with E-state index >= 15 is 0 Å². The van der Waals surface area contributed by atoms with Crippen LogP contribution in [0.1, 0.15) is 41.0 Å². The molecule has 0 bridgehead atoms. The maximum Gasteiger partial charge on any atom is 0.0102 e. The summed E-state index contributed by atoms with van der Waals surface area (Å²) in [4.78, 5) is 0. The Morgan fingerprint density at radius 2 is 1.32 bits per heavy atom. The van der Waals surface area contributed by atoms with E-state index in [1.165, 1.54) is 35.1 Å². The molecular weight excluding hydrogens is 313 g/mol. The fourth-order valence-electron chi connectivity index (χ4n) is 3.10. The van der Waals surface area contributed by atoms with E-state index in [1.54, 1.807) is 0 Å². The lowest BCUT2D eigenvalue weighted by Crippen LogP contribution is -2.11. The molecule has 0 spiro atoms. The Labute approximate surface area is 145 Å². The van der Waals surface area contributed by atoms with E-state index in [9.17, 15) is 0 Å². The first-order valence-corrected chi connectivity index (χ1v) is 7.40. The molecule has 0 heterocycles. The van der Waals surface area contributed by atoms with Gasteiger partial charge in [0.15, 0.2) is 0 Å². The smallest absolute Gasteiger partial charge is 0.0102 e. The van der Waals surface area contributed by atoms with Gasteiger partial charge in [0.05, 0.1) is 0 Å². The second-order valence-corrected chi connectivity index (χ2v) is 5.39. The average molecular weight is 336 g/mol. The SMILES string of the molecule is CNCCCC1c2ccccc2C=Cc2ccccc21.Cl.Cl. The minimum Gasteiger partial charge on any atom is -0.320 e. The second kappa shape index (κ2) is 8.99. The molecule has 0 fully saturated rings. The predicted octanol–water partition coefficient (Wildman–Crippen LogP) is 5.15. The molecule has 0 unspecified atom stereocenters. The first kappa shape index (κ1) is 18.8. The van der Waals surface area contributed by atoms with Gasteiger partial charge in [-0.1, -0.05) is 60.7 Å². The number of hydrogen-bond acceptors (Lipinski definition) is 1. The van der Waals surface area contributed by atoms with Crippen LogP contribution in [0.2, 0.25) is 0 Å². The molecular formula is C19H23Cl2N. The van der Waals surface area contributed by atoms with Crippen LogP contribution in [-0.4, -0.2) is 13.6 Å². The maximum atomic E-state index is 3.26. The highest BCUT2D eigenvalue weighted by atomic mass is 35.5. The molecule has 1 aliphatic carbocycles. The number of rotatable bonds is 4. The predicted molar refractivity (Wildman–Crippen MR) is 101 cm³/mol. The summed E-state index contributed by atoms with van der Waals surface area (Å²) in [6.45, 7) is 1.08. The van der Waals surface area contributed by atoms with Crippen LogP contribution in [0.15, 0.2) is 48.5 Å². The van der Waals surface area contributed by atoms with Crippen molar-refractivity contribution >= 4 is 37.0 Å². The number of halogens is 2. The third kappa shape index (κ3) is 3.92. The standard InChI is InChI=1S/C19H21N.2ClH/c1-20-14-6-11-19-17-9-4-2-7-15(17)12-13-16-8-3-5-10-18(16)19;;/h2-5,7-10,12-13,19-20H,6,11,14H2,1H3;2*1H. The van der Waals surface area contributed by atoms with Crippen molar-refractivity contribution in [2.75, 3.05) is 13.6 Å². The lowest BCUT2D eigenvalue weighted by atomic mass is 9.84. The summed E-state index contributed by atoms with van der Waals surface area (Å²) in [7, 11) is 2.02. The summed E-state index contributed by atoms with van der Waals surface area (Å²) in [6.07, 6.45) is 6.90. The van der Waals surface area contributed by atoms with Crippen molar-refractivity contribution in [2.45, 2.75) is 18.8 Å². The number of hydrogen-bond donors (Lipinski definition) is 1. The van der Waals surface area contributed by atoms with Crippen molar-refractivity contribution in [3.63, 3.8) is 0 Å². The van der Waals surface area contributed by atoms with E-state index < -0.39 is 0 Å². The molecule has 0 aliphatic heterocycles. The van der Waals surface area contributed by atoms with Gasteiger partial charge in [-0.05, 0) is 48.7 Å². The summed E-state index contributed by atoms with van der Waals surface area (Å²) in [5, 5.41) is 3.26. The minimum absolute atomic E-state index is 0. The van der Waals surface area contributed by atoms with E-state index in [4.69, 9.17) is 0 Å². The summed E-state index contributed by atoms with van der Waals surface area (Å²) in [5.41, 5.74) is 5.64. The largest absolute Gasteiger partial charge is 0.320 e. The van der Waals surface area contributed by atoms with Gasteiger partial charge in [-0.25, -0.2) is 0 Å². The van der Waals surface area contributed by atoms with Crippen LogP contribution in [0.4, 0.5) is 0 Å². The fourth-order valence-corrected chi connectivity index (χ4v) is 3.10. The molecule has 0 saturated heterocycles. The normalized spacial score (nSPS) is 12.4. The molecule has 0 radical (unpaired) electrons. The highest BCUT2D eigenvalue weighted by molar-refractivity contribution is 5.85. The highest BCUT2D eigenvalue weighted by Crippen LogP contribution is 2.37. The molecule has 2 aromatic rings. The molecule has 3 rings (SSSR count). The van der Waals surface area contributed by atoms with Crippen molar-refractivity contribution in [1.29, 1.82) is 0 Å². The number of fused-ring (bicyclic) bond motifs is 2. The highest BCUT2D eigenvalue weighted by Gasteiger charge is 2.20. The molecule has 0 saturated carbocycles.